The van der Waals surface area contributed by atoms with Gasteiger partial charge in [-0.25, -0.2) is 4.98 Å². The van der Waals surface area contributed by atoms with Gasteiger partial charge < -0.3 is 4.57 Å². The van der Waals surface area contributed by atoms with Crippen LogP contribution in [0.25, 0.3) is 11.0 Å². The summed E-state index contributed by atoms with van der Waals surface area (Å²) in [6.45, 7) is 0.465. The number of H-pyrrole nitrogens is 2. The Labute approximate surface area is 166 Å². The number of halogens is 1. The van der Waals surface area contributed by atoms with Gasteiger partial charge >= 0.3 is 0 Å². The van der Waals surface area contributed by atoms with Crippen LogP contribution in [0.5, 0.6) is 0 Å². The minimum Gasteiger partial charge on any atom is -0.310 e. The molecule has 0 bridgehead atoms. The number of benzene rings is 2. The summed E-state index contributed by atoms with van der Waals surface area (Å²) in [6, 6.07) is 17.8. The van der Waals surface area contributed by atoms with Crippen molar-refractivity contribution in [3.63, 3.8) is 0 Å². The van der Waals surface area contributed by atoms with Crippen LogP contribution in [0.15, 0.2) is 73.8 Å². The molecule has 0 radical (unpaired) electrons. The Morgan fingerprint density at radius 3 is 2.37 bits per heavy atom. The summed E-state index contributed by atoms with van der Waals surface area (Å²) in [5.41, 5.74) is 1.85. The molecule has 2 aromatic carbocycles. The van der Waals surface area contributed by atoms with E-state index in [4.69, 9.17) is 0 Å². The quantitative estimate of drug-likeness (QED) is 0.463. The molecule has 2 heterocycles. The summed E-state index contributed by atoms with van der Waals surface area (Å²) >= 11 is 4.93. The molecule has 0 atom stereocenters. The summed E-state index contributed by atoms with van der Waals surface area (Å²) in [5.74, 6) is 0.682. The highest BCUT2D eigenvalue weighted by Gasteiger charge is 2.17. The Bertz CT molecular complexity index is 1200. The number of hydrogen-bond acceptors (Lipinski definition) is 4. The molecule has 0 saturated carbocycles. The fraction of sp³-hybridized carbons (Fsp3) is 0.105. The normalized spacial score (nSPS) is 11.1. The zero-order chi connectivity index (χ0) is 18.8. The van der Waals surface area contributed by atoms with Gasteiger partial charge in [0.1, 0.15) is 5.52 Å². The summed E-state index contributed by atoms with van der Waals surface area (Å²) < 4.78 is 2.83. The molecule has 4 aromatic rings. The Kier molecular flexibility index (Phi) is 5.00. The first-order chi connectivity index (χ1) is 13.1. The van der Waals surface area contributed by atoms with Gasteiger partial charge in [0.15, 0.2) is 10.7 Å². The van der Waals surface area contributed by atoms with Crippen molar-refractivity contribution in [2.24, 2.45) is 0 Å². The maximum Gasteiger partial charge on any atom is 0.290 e. The van der Waals surface area contributed by atoms with Crippen LogP contribution in [0.2, 0.25) is 0 Å². The molecule has 0 aliphatic rings. The Morgan fingerprint density at radius 1 is 0.926 bits per heavy atom. The van der Waals surface area contributed by atoms with Gasteiger partial charge in [0.25, 0.3) is 11.1 Å². The molecule has 2 aromatic heterocycles. The van der Waals surface area contributed by atoms with Gasteiger partial charge in [0.2, 0.25) is 0 Å². The lowest BCUT2D eigenvalue weighted by molar-refractivity contribution is 0.727. The molecule has 0 unspecified atom stereocenters. The summed E-state index contributed by atoms with van der Waals surface area (Å²) in [5, 5.41) is 5.38. The van der Waals surface area contributed by atoms with Gasteiger partial charge in [0, 0.05) is 10.2 Å². The van der Waals surface area contributed by atoms with Crippen molar-refractivity contribution in [1.29, 1.82) is 0 Å². The van der Waals surface area contributed by atoms with E-state index in [0.29, 0.717) is 23.0 Å². The highest BCUT2D eigenvalue weighted by atomic mass is 79.9. The highest BCUT2D eigenvalue weighted by molar-refractivity contribution is 9.10. The second-order valence-electron chi connectivity index (χ2n) is 5.99. The number of nitrogens with zero attached hydrogens (tertiary/aromatic N) is 2. The SMILES string of the molecule is O=c1[nH][nH]c(=O)c2c1nc(SCc1ccc(Br)cc1)n2Cc1ccccc1. The van der Waals surface area contributed by atoms with Crippen molar-refractivity contribution in [1.82, 2.24) is 19.7 Å². The highest BCUT2D eigenvalue weighted by Crippen LogP contribution is 2.26. The summed E-state index contributed by atoms with van der Waals surface area (Å²) in [6.07, 6.45) is 0. The largest absolute Gasteiger partial charge is 0.310 e. The van der Waals surface area contributed by atoms with Gasteiger partial charge in [0.05, 0.1) is 6.54 Å². The van der Waals surface area contributed by atoms with Crippen LogP contribution in [0.3, 0.4) is 0 Å². The summed E-state index contributed by atoms with van der Waals surface area (Å²) in [7, 11) is 0. The van der Waals surface area contributed by atoms with Gasteiger partial charge in [-0.15, -0.1) is 0 Å². The molecular weight excluding hydrogens is 428 g/mol. The fourth-order valence-corrected chi connectivity index (χ4v) is 4.02. The predicted molar refractivity (Wildman–Crippen MR) is 110 cm³/mol. The van der Waals surface area contributed by atoms with Crippen LogP contribution in [0.1, 0.15) is 11.1 Å². The third-order valence-corrected chi connectivity index (χ3v) is 5.69. The van der Waals surface area contributed by atoms with E-state index in [-0.39, 0.29) is 11.1 Å². The molecule has 0 amide bonds. The number of rotatable bonds is 5. The van der Waals surface area contributed by atoms with Gasteiger partial charge in [-0.3, -0.25) is 19.8 Å². The van der Waals surface area contributed by atoms with Gasteiger partial charge in [-0.2, -0.15) is 0 Å². The minimum atomic E-state index is -0.401. The van der Waals surface area contributed by atoms with Crippen molar-refractivity contribution < 1.29 is 0 Å². The first-order valence-electron chi connectivity index (χ1n) is 8.24. The maximum absolute atomic E-state index is 12.4. The second kappa shape index (κ2) is 7.58. The number of nitrogens with one attached hydrogen (secondary N) is 2. The second-order valence-corrected chi connectivity index (χ2v) is 7.84. The molecule has 0 aliphatic carbocycles. The first-order valence-corrected chi connectivity index (χ1v) is 10.0. The monoisotopic (exact) mass is 442 g/mol. The van der Waals surface area contributed by atoms with Crippen molar-refractivity contribution in [3.8, 4) is 0 Å². The molecule has 4 rings (SSSR count). The van der Waals surface area contributed by atoms with E-state index >= 15 is 0 Å². The topological polar surface area (TPSA) is 83.5 Å². The van der Waals surface area contributed by atoms with Crippen LogP contribution in [-0.2, 0) is 12.3 Å². The molecule has 2 N–H and O–H groups in total. The van der Waals surface area contributed by atoms with Crippen molar-refractivity contribution >= 4 is 38.7 Å². The Balaban J connectivity index is 1.76. The lowest BCUT2D eigenvalue weighted by Crippen LogP contribution is -2.20. The van der Waals surface area contributed by atoms with Crippen LogP contribution >= 0.6 is 27.7 Å². The third kappa shape index (κ3) is 3.77. The number of aromatic amines is 2. The van der Waals surface area contributed by atoms with Crippen LogP contribution in [-0.4, -0.2) is 19.7 Å². The Hall–Kier alpha value is -2.58. The zero-order valence-electron chi connectivity index (χ0n) is 14.1. The number of aromatic nitrogens is 4. The van der Waals surface area contributed by atoms with Crippen molar-refractivity contribution in [3.05, 3.63) is 90.9 Å². The predicted octanol–water partition coefficient (Wildman–Crippen LogP) is 3.52. The average Bonchev–Trinajstić information content (AvgIpc) is 3.05. The number of fused-ring (bicyclic) bond motifs is 1. The van der Waals surface area contributed by atoms with E-state index in [0.717, 1.165) is 15.6 Å². The number of imidazole rings is 1. The molecule has 8 heteroatoms. The van der Waals surface area contributed by atoms with Crippen molar-refractivity contribution in [2.45, 2.75) is 17.5 Å². The Morgan fingerprint density at radius 2 is 1.63 bits per heavy atom. The molecule has 136 valence electrons. The molecule has 0 spiro atoms. The van der Waals surface area contributed by atoms with E-state index in [1.165, 1.54) is 11.8 Å². The van der Waals surface area contributed by atoms with Crippen LogP contribution in [0, 0.1) is 0 Å². The van der Waals surface area contributed by atoms with Gasteiger partial charge in [-0.1, -0.05) is 70.2 Å². The minimum absolute atomic E-state index is 0.160. The number of thioether (sulfide) groups is 1. The number of hydrogen-bond donors (Lipinski definition) is 2. The lowest BCUT2D eigenvalue weighted by atomic mass is 10.2. The van der Waals surface area contributed by atoms with Crippen LogP contribution in [0.4, 0.5) is 0 Å². The zero-order valence-corrected chi connectivity index (χ0v) is 16.5. The lowest BCUT2D eigenvalue weighted by Gasteiger charge is -2.09. The summed E-state index contributed by atoms with van der Waals surface area (Å²) in [4.78, 5) is 29.0. The maximum atomic E-state index is 12.4. The molecule has 0 saturated heterocycles. The molecule has 6 nitrogen and oxygen atoms in total. The molecule has 0 aliphatic heterocycles. The van der Waals surface area contributed by atoms with E-state index in [1.54, 1.807) is 0 Å². The molecule has 0 fully saturated rings. The fourth-order valence-electron chi connectivity index (χ4n) is 2.80. The van der Waals surface area contributed by atoms with E-state index in [2.05, 4.69) is 31.1 Å². The molecular formula is C19H15BrN4O2S. The van der Waals surface area contributed by atoms with E-state index < -0.39 is 5.56 Å². The third-order valence-electron chi connectivity index (χ3n) is 4.12. The molecule has 27 heavy (non-hydrogen) atoms. The first kappa shape index (κ1) is 17.8. The van der Waals surface area contributed by atoms with Crippen molar-refractivity contribution in [2.75, 3.05) is 0 Å². The smallest absolute Gasteiger partial charge is 0.290 e. The standard InChI is InChI=1S/C19H15BrN4O2S/c20-14-8-6-13(7-9-14)11-27-19-21-15-16(18(26)23-22-17(15)25)24(19)10-12-4-2-1-3-5-12/h1-9H,10-11H2,(H,22,25)(H,23,26). The van der Waals surface area contributed by atoms with E-state index in [9.17, 15) is 9.59 Å². The van der Waals surface area contributed by atoms with Gasteiger partial charge in [-0.05, 0) is 23.3 Å². The average molecular weight is 443 g/mol. The van der Waals surface area contributed by atoms with Crippen LogP contribution < -0.4 is 11.1 Å². The van der Waals surface area contributed by atoms with E-state index in [1.807, 2.05) is 59.2 Å².